The third-order valence-electron chi connectivity index (χ3n) is 3.84. The van der Waals surface area contributed by atoms with E-state index >= 15 is 0 Å². The number of amides is 1. The van der Waals surface area contributed by atoms with Crippen molar-refractivity contribution in [2.45, 2.75) is 50.9 Å². The first-order valence-corrected chi connectivity index (χ1v) is 7.40. The zero-order chi connectivity index (χ0) is 17.3. The van der Waals surface area contributed by atoms with Crippen LogP contribution in [0.15, 0.2) is 18.2 Å². The van der Waals surface area contributed by atoms with Gasteiger partial charge >= 0.3 is 6.18 Å². The number of nitrogens with one attached hydrogen (secondary N) is 2. The minimum Gasteiger partial charge on any atom is -0.382 e. The average Bonchev–Trinajstić information content (AvgIpc) is 2.41. The predicted molar refractivity (Wildman–Crippen MR) is 83.1 cm³/mol. The first-order chi connectivity index (χ1) is 10.6. The first kappa shape index (κ1) is 17.2. The topological polar surface area (TPSA) is 41.1 Å². The molecule has 2 N–H and O–H groups in total. The van der Waals surface area contributed by atoms with E-state index < -0.39 is 23.2 Å². The van der Waals surface area contributed by atoms with Gasteiger partial charge in [-0.05, 0) is 51.3 Å². The summed E-state index contributed by atoms with van der Waals surface area (Å²) in [7, 11) is 0. The highest BCUT2D eigenvalue weighted by Crippen LogP contribution is 2.33. The number of hydrogen-bond donors (Lipinski definition) is 2. The van der Waals surface area contributed by atoms with Crippen LogP contribution in [0.5, 0.6) is 0 Å². The van der Waals surface area contributed by atoms with Gasteiger partial charge in [0.15, 0.2) is 0 Å². The van der Waals surface area contributed by atoms with Crippen LogP contribution in [0, 0.1) is 12.3 Å². The molecule has 0 saturated heterocycles. The Kier molecular flexibility index (Phi) is 4.60. The molecule has 1 amide bonds. The molecule has 1 saturated carbocycles. The second kappa shape index (κ2) is 6.15. The van der Waals surface area contributed by atoms with Crippen LogP contribution in [-0.4, -0.2) is 17.5 Å². The third kappa shape index (κ3) is 4.19. The fourth-order valence-electron chi connectivity index (χ4n) is 2.19. The zero-order valence-electron chi connectivity index (χ0n) is 13.1. The van der Waals surface area contributed by atoms with E-state index in [1.165, 1.54) is 6.07 Å². The average molecular weight is 324 g/mol. The Morgan fingerprint density at radius 2 is 1.96 bits per heavy atom. The molecule has 23 heavy (non-hydrogen) atoms. The molecule has 0 aliphatic heterocycles. The van der Waals surface area contributed by atoms with Gasteiger partial charge in [0.1, 0.15) is 0 Å². The number of alkyl halides is 3. The number of hydrogen-bond acceptors (Lipinski definition) is 2. The fourth-order valence-corrected chi connectivity index (χ4v) is 2.19. The molecule has 0 heterocycles. The van der Waals surface area contributed by atoms with Crippen molar-refractivity contribution in [1.82, 2.24) is 5.32 Å². The van der Waals surface area contributed by atoms with Gasteiger partial charge in [-0.2, -0.15) is 13.2 Å². The van der Waals surface area contributed by atoms with Crippen molar-refractivity contribution in [3.8, 4) is 12.3 Å². The van der Waals surface area contributed by atoms with Crippen LogP contribution in [0.2, 0.25) is 0 Å². The summed E-state index contributed by atoms with van der Waals surface area (Å²) in [6.07, 6.45) is 3.77. The highest BCUT2D eigenvalue weighted by molar-refractivity contribution is 6.00. The van der Waals surface area contributed by atoms with Crippen molar-refractivity contribution in [3.63, 3.8) is 0 Å². The van der Waals surface area contributed by atoms with E-state index in [2.05, 4.69) is 16.6 Å². The van der Waals surface area contributed by atoms with Crippen LogP contribution in [-0.2, 0) is 6.18 Å². The van der Waals surface area contributed by atoms with Gasteiger partial charge in [-0.3, -0.25) is 4.79 Å². The quantitative estimate of drug-likeness (QED) is 0.827. The highest BCUT2D eigenvalue weighted by Gasteiger charge is 2.32. The van der Waals surface area contributed by atoms with E-state index in [0.29, 0.717) is 5.69 Å². The molecule has 1 fully saturated rings. The lowest BCUT2D eigenvalue weighted by Gasteiger charge is -2.29. The Morgan fingerprint density at radius 1 is 1.30 bits per heavy atom. The standard InChI is InChI=1S/C17H19F3N2O/c1-4-16(2,3)22-15(23)13-10-11(17(18,19)20)8-9-14(13)21-12-6-5-7-12/h1,8-10,12,21H,5-7H2,2-3H3,(H,22,23). The van der Waals surface area contributed by atoms with E-state index in [1.807, 2.05) is 0 Å². The van der Waals surface area contributed by atoms with Gasteiger partial charge in [0, 0.05) is 11.7 Å². The molecule has 6 heteroatoms. The van der Waals surface area contributed by atoms with Crippen molar-refractivity contribution in [1.29, 1.82) is 0 Å². The van der Waals surface area contributed by atoms with Gasteiger partial charge in [0.2, 0.25) is 0 Å². The van der Waals surface area contributed by atoms with Gasteiger partial charge in [-0.15, -0.1) is 6.42 Å². The summed E-state index contributed by atoms with van der Waals surface area (Å²) in [5.41, 5.74) is -1.46. The molecular formula is C17H19F3N2O. The Balaban J connectivity index is 2.35. The lowest BCUT2D eigenvalue weighted by atomic mass is 9.92. The molecule has 0 spiro atoms. The molecule has 1 aliphatic carbocycles. The lowest BCUT2D eigenvalue weighted by molar-refractivity contribution is -0.137. The van der Waals surface area contributed by atoms with Crippen LogP contribution in [0.1, 0.15) is 49.0 Å². The third-order valence-corrected chi connectivity index (χ3v) is 3.84. The number of anilines is 1. The first-order valence-electron chi connectivity index (χ1n) is 7.40. The van der Waals surface area contributed by atoms with Gasteiger partial charge in [0.25, 0.3) is 5.91 Å². The summed E-state index contributed by atoms with van der Waals surface area (Å²) in [5.74, 6) is 1.77. The molecule has 0 aromatic heterocycles. The number of carbonyl (C=O) groups is 1. The SMILES string of the molecule is C#CC(C)(C)NC(=O)c1cc(C(F)(F)F)ccc1NC1CCC1. The van der Waals surface area contributed by atoms with Crippen molar-refractivity contribution in [2.24, 2.45) is 0 Å². The Bertz CT molecular complexity index is 640. The van der Waals surface area contributed by atoms with Gasteiger partial charge in [-0.25, -0.2) is 0 Å². The van der Waals surface area contributed by atoms with E-state index in [1.54, 1.807) is 13.8 Å². The fraction of sp³-hybridized carbons (Fsp3) is 0.471. The molecule has 0 bridgehead atoms. The molecule has 3 nitrogen and oxygen atoms in total. The summed E-state index contributed by atoms with van der Waals surface area (Å²) in [6, 6.07) is 3.34. The molecule has 124 valence electrons. The van der Waals surface area contributed by atoms with E-state index in [4.69, 9.17) is 6.42 Å². The van der Waals surface area contributed by atoms with Crippen LogP contribution in [0.25, 0.3) is 0 Å². The maximum Gasteiger partial charge on any atom is 0.416 e. The smallest absolute Gasteiger partial charge is 0.382 e. The number of halogens is 3. The van der Waals surface area contributed by atoms with Crippen LogP contribution in [0.3, 0.4) is 0 Å². The van der Waals surface area contributed by atoms with Crippen molar-refractivity contribution in [3.05, 3.63) is 29.3 Å². The molecule has 2 rings (SSSR count). The molecular weight excluding hydrogens is 305 g/mol. The largest absolute Gasteiger partial charge is 0.416 e. The molecule has 0 unspecified atom stereocenters. The molecule has 0 atom stereocenters. The molecule has 1 aromatic carbocycles. The summed E-state index contributed by atoms with van der Waals surface area (Å²) in [4.78, 5) is 12.4. The van der Waals surface area contributed by atoms with Gasteiger partial charge < -0.3 is 10.6 Å². The van der Waals surface area contributed by atoms with E-state index in [0.717, 1.165) is 31.4 Å². The summed E-state index contributed by atoms with van der Waals surface area (Å²) in [5, 5.41) is 5.70. The van der Waals surface area contributed by atoms with Crippen LogP contribution < -0.4 is 10.6 Å². The minimum absolute atomic E-state index is 0.0462. The normalized spacial score (nSPS) is 15.5. The van der Waals surface area contributed by atoms with E-state index in [9.17, 15) is 18.0 Å². The second-order valence-corrected chi connectivity index (χ2v) is 6.25. The Labute approximate surface area is 133 Å². The predicted octanol–water partition coefficient (Wildman–Crippen LogP) is 3.81. The minimum atomic E-state index is -4.51. The van der Waals surface area contributed by atoms with Crippen molar-refractivity contribution >= 4 is 11.6 Å². The molecule has 1 aromatic rings. The van der Waals surface area contributed by atoms with E-state index in [-0.39, 0.29) is 11.6 Å². The van der Waals surface area contributed by atoms with Gasteiger partial charge in [0.05, 0.1) is 16.7 Å². The lowest BCUT2D eigenvalue weighted by Crippen LogP contribution is -2.42. The number of rotatable bonds is 4. The summed E-state index contributed by atoms with van der Waals surface area (Å²) < 4.78 is 38.8. The highest BCUT2D eigenvalue weighted by atomic mass is 19.4. The Hall–Kier alpha value is -2.16. The summed E-state index contributed by atoms with van der Waals surface area (Å²) in [6.45, 7) is 3.22. The Morgan fingerprint density at radius 3 is 2.43 bits per heavy atom. The molecule has 1 aliphatic rings. The van der Waals surface area contributed by atoms with Crippen molar-refractivity contribution < 1.29 is 18.0 Å². The maximum absolute atomic E-state index is 12.9. The number of benzene rings is 1. The molecule has 0 radical (unpaired) electrons. The second-order valence-electron chi connectivity index (χ2n) is 6.25. The zero-order valence-corrected chi connectivity index (χ0v) is 13.1. The maximum atomic E-state index is 12.9. The van der Waals surface area contributed by atoms with Crippen LogP contribution in [0.4, 0.5) is 18.9 Å². The van der Waals surface area contributed by atoms with Crippen molar-refractivity contribution in [2.75, 3.05) is 5.32 Å². The van der Waals surface area contributed by atoms with Gasteiger partial charge in [-0.1, -0.05) is 5.92 Å². The number of carbonyl (C=O) groups excluding carboxylic acids is 1. The summed E-state index contributed by atoms with van der Waals surface area (Å²) >= 11 is 0. The number of terminal acetylenes is 1. The van der Waals surface area contributed by atoms with Crippen LogP contribution >= 0.6 is 0 Å². The monoisotopic (exact) mass is 324 g/mol.